The fourth-order valence-electron chi connectivity index (χ4n) is 4.00. The second-order valence-electron chi connectivity index (χ2n) is 9.13. The van der Waals surface area contributed by atoms with Crippen LogP contribution in [0.25, 0.3) is 0 Å². The van der Waals surface area contributed by atoms with E-state index in [0.29, 0.717) is 43.0 Å². The Morgan fingerprint density at radius 3 is 2.73 bits per heavy atom. The number of sulfone groups is 1. The van der Waals surface area contributed by atoms with Crippen molar-refractivity contribution in [3.05, 3.63) is 40.9 Å². The molecule has 0 radical (unpaired) electrons. The first-order valence-corrected chi connectivity index (χ1v) is 14.5. The van der Waals surface area contributed by atoms with E-state index in [1.54, 1.807) is 11.1 Å². The van der Waals surface area contributed by atoms with Gasteiger partial charge < -0.3 is 14.8 Å². The molecular formula is C24H33N5O6S2. The highest BCUT2D eigenvalue weighted by Crippen LogP contribution is 2.33. The van der Waals surface area contributed by atoms with Crippen molar-refractivity contribution in [2.24, 2.45) is 5.16 Å². The van der Waals surface area contributed by atoms with Gasteiger partial charge in [-0.25, -0.2) is 13.4 Å². The molecule has 2 aromatic rings. The second-order valence-corrected chi connectivity index (χ2v) is 12.5. The first kappa shape index (κ1) is 27.2. The first-order valence-electron chi connectivity index (χ1n) is 12.2. The molecule has 1 aliphatic carbocycles. The average molecular weight is 552 g/mol. The van der Waals surface area contributed by atoms with Crippen molar-refractivity contribution in [2.75, 3.05) is 38.2 Å². The summed E-state index contributed by atoms with van der Waals surface area (Å²) >= 11 is 1.35. The molecule has 1 aromatic heterocycles. The van der Waals surface area contributed by atoms with Crippen LogP contribution in [0.2, 0.25) is 0 Å². The van der Waals surface area contributed by atoms with Gasteiger partial charge in [-0.2, -0.15) is 0 Å². The molecule has 1 atom stereocenters. The van der Waals surface area contributed by atoms with E-state index in [2.05, 4.69) is 20.4 Å². The summed E-state index contributed by atoms with van der Waals surface area (Å²) in [5.41, 5.74) is 0.374. The maximum Gasteiger partial charge on any atom is 0.280 e. The Balaban J connectivity index is 0.00000400. The Bertz CT molecular complexity index is 1230. The van der Waals surface area contributed by atoms with Gasteiger partial charge in [-0.3, -0.25) is 19.8 Å². The molecule has 2 heterocycles. The van der Waals surface area contributed by atoms with E-state index in [1.807, 2.05) is 6.92 Å². The lowest BCUT2D eigenvalue weighted by atomic mass is 10.1. The molecule has 1 saturated carbocycles. The predicted octanol–water partition coefficient (Wildman–Crippen LogP) is 1.73. The van der Waals surface area contributed by atoms with Gasteiger partial charge in [-0.15, -0.1) is 11.3 Å². The zero-order valence-electron chi connectivity index (χ0n) is 20.6. The van der Waals surface area contributed by atoms with Gasteiger partial charge in [0.1, 0.15) is 6.61 Å². The standard InChI is InChI=1S/C24H31N5O6S2.H2/c1-17-14-28(9-10-29(17)16-31)15-19-13-25-24(36-19)26-23(32)22(27-35-12-2-11-30)18-3-5-20(6-4-18)37(33,34)21-7-8-21;/h3-6,13,16-17,21,30H,2,7-12,14-15H2,1H3,(H,25,26,32);1H/b27-22+;/t17-;/m0./s1. The maximum absolute atomic E-state index is 13.1. The minimum atomic E-state index is -3.35. The number of piperazine rings is 1. The highest BCUT2D eigenvalue weighted by molar-refractivity contribution is 7.92. The highest BCUT2D eigenvalue weighted by atomic mass is 32.2. The number of thiazole rings is 1. The van der Waals surface area contributed by atoms with Crippen LogP contribution in [-0.2, 0) is 30.8 Å². The number of nitrogens with zero attached hydrogens (tertiary/aromatic N) is 4. The summed E-state index contributed by atoms with van der Waals surface area (Å²) in [7, 11) is -3.35. The predicted molar refractivity (Wildman–Crippen MR) is 141 cm³/mol. The van der Waals surface area contributed by atoms with Crippen molar-refractivity contribution in [3.63, 3.8) is 0 Å². The second kappa shape index (κ2) is 12.1. The smallest absolute Gasteiger partial charge is 0.280 e. The zero-order valence-corrected chi connectivity index (χ0v) is 22.2. The van der Waals surface area contributed by atoms with E-state index in [-0.39, 0.29) is 36.5 Å². The van der Waals surface area contributed by atoms with E-state index in [0.717, 1.165) is 24.4 Å². The molecule has 0 spiro atoms. The van der Waals surface area contributed by atoms with Crippen LogP contribution in [0.4, 0.5) is 5.13 Å². The number of carbonyl (C=O) groups is 2. The molecule has 13 heteroatoms. The van der Waals surface area contributed by atoms with Crippen molar-refractivity contribution in [2.45, 2.75) is 48.9 Å². The molecule has 11 nitrogen and oxygen atoms in total. The van der Waals surface area contributed by atoms with Crippen LogP contribution in [0.5, 0.6) is 0 Å². The summed E-state index contributed by atoms with van der Waals surface area (Å²) in [6.07, 6.45) is 4.29. The number of carbonyl (C=O) groups excluding carboxylic acids is 2. The topological polar surface area (TPSA) is 142 Å². The molecule has 1 aromatic carbocycles. The molecule has 1 saturated heterocycles. The molecule has 2 fully saturated rings. The molecule has 0 bridgehead atoms. The number of oxime groups is 1. The number of hydrogen-bond acceptors (Lipinski definition) is 10. The van der Waals surface area contributed by atoms with Crippen molar-refractivity contribution in [1.82, 2.24) is 14.8 Å². The van der Waals surface area contributed by atoms with Crippen molar-refractivity contribution >= 4 is 44.3 Å². The minimum Gasteiger partial charge on any atom is -0.396 e. The molecule has 4 rings (SSSR count). The van der Waals surface area contributed by atoms with Crippen LogP contribution >= 0.6 is 11.3 Å². The van der Waals surface area contributed by atoms with Gasteiger partial charge in [0.2, 0.25) is 6.41 Å². The third-order valence-electron chi connectivity index (χ3n) is 6.24. The lowest BCUT2D eigenvalue weighted by molar-refractivity contribution is -0.122. The molecule has 2 N–H and O–H groups in total. The SMILES string of the molecule is C[C@H]1CN(Cc2cnc(NC(=O)/C(=N/OCCCO)c3ccc(S(=O)(=O)C4CC4)cc3)s2)CCN1C=O.[HH]. The summed E-state index contributed by atoms with van der Waals surface area (Å²) in [4.78, 5) is 39.0. The molecular weight excluding hydrogens is 518 g/mol. The monoisotopic (exact) mass is 551 g/mol. The Morgan fingerprint density at radius 1 is 1.32 bits per heavy atom. The summed E-state index contributed by atoms with van der Waals surface area (Å²) < 4.78 is 25.0. The number of amides is 2. The lowest BCUT2D eigenvalue weighted by Crippen LogP contribution is -2.50. The van der Waals surface area contributed by atoms with Crippen LogP contribution in [0, 0.1) is 0 Å². The van der Waals surface area contributed by atoms with Crippen LogP contribution < -0.4 is 5.32 Å². The van der Waals surface area contributed by atoms with Gasteiger partial charge in [0.25, 0.3) is 5.91 Å². The number of rotatable bonds is 12. The molecule has 2 aliphatic rings. The van der Waals surface area contributed by atoms with Gasteiger partial charge in [-0.1, -0.05) is 17.3 Å². The first-order chi connectivity index (χ1) is 17.8. The van der Waals surface area contributed by atoms with Crippen molar-refractivity contribution in [1.29, 1.82) is 0 Å². The average Bonchev–Trinajstić information content (AvgIpc) is 3.66. The van der Waals surface area contributed by atoms with E-state index in [1.165, 1.54) is 35.6 Å². The normalized spacial score (nSPS) is 19.0. The van der Waals surface area contributed by atoms with E-state index in [9.17, 15) is 18.0 Å². The van der Waals surface area contributed by atoms with E-state index >= 15 is 0 Å². The van der Waals surface area contributed by atoms with Gasteiger partial charge in [0.15, 0.2) is 20.7 Å². The fourth-order valence-corrected chi connectivity index (χ4v) is 6.51. The van der Waals surface area contributed by atoms with Gasteiger partial charge >= 0.3 is 0 Å². The summed E-state index contributed by atoms with van der Waals surface area (Å²) in [6, 6.07) is 6.17. The molecule has 37 heavy (non-hydrogen) atoms. The van der Waals surface area contributed by atoms with E-state index in [4.69, 9.17) is 9.94 Å². The molecule has 1 aliphatic heterocycles. The number of nitrogens with one attached hydrogen (secondary N) is 1. The van der Waals surface area contributed by atoms with Gasteiger partial charge in [-0.05, 0) is 31.9 Å². The van der Waals surface area contributed by atoms with Crippen LogP contribution in [-0.4, -0.2) is 90.5 Å². The molecule has 2 amide bonds. The number of aliphatic hydroxyl groups excluding tert-OH is 1. The number of benzene rings is 1. The summed E-state index contributed by atoms with van der Waals surface area (Å²) in [6.45, 7) is 4.91. The third kappa shape index (κ3) is 6.92. The largest absolute Gasteiger partial charge is 0.396 e. The number of aliphatic hydroxyl groups is 1. The highest BCUT2D eigenvalue weighted by Gasteiger charge is 2.36. The van der Waals surface area contributed by atoms with Crippen LogP contribution in [0.1, 0.15) is 38.1 Å². The van der Waals surface area contributed by atoms with Crippen LogP contribution in [0.15, 0.2) is 40.5 Å². The molecule has 0 unspecified atom stereocenters. The summed E-state index contributed by atoms with van der Waals surface area (Å²) in [5, 5.41) is 15.8. The van der Waals surface area contributed by atoms with E-state index < -0.39 is 15.7 Å². The van der Waals surface area contributed by atoms with Crippen molar-refractivity contribution in [3.8, 4) is 0 Å². The lowest BCUT2D eigenvalue weighted by Gasteiger charge is -2.37. The Kier molecular flexibility index (Phi) is 8.90. The van der Waals surface area contributed by atoms with Gasteiger partial charge in [0.05, 0.1) is 10.1 Å². The molecule has 202 valence electrons. The third-order valence-corrected chi connectivity index (χ3v) is 9.41. The van der Waals surface area contributed by atoms with Crippen molar-refractivity contribution < 1.29 is 29.4 Å². The Morgan fingerprint density at radius 2 is 2.08 bits per heavy atom. The Hall–Kier alpha value is -2.87. The number of aromatic nitrogens is 1. The minimum absolute atomic E-state index is 0. The maximum atomic E-state index is 13.1. The number of hydrogen-bond donors (Lipinski definition) is 2. The summed E-state index contributed by atoms with van der Waals surface area (Å²) in [5.74, 6) is -0.545. The Labute approximate surface area is 221 Å². The fraction of sp³-hybridized carbons (Fsp3) is 0.500. The quantitative estimate of drug-likeness (QED) is 0.176. The van der Waals surface area contributed by atoms with Crippen LogP contribution in [0.3, 0.4) is 0 Å². The number of anilines is 1. The zero-order chi connectivity index (χ0) is 26.4. The van der Waals surface area contributed by atoms with Gasteiger partial charge in [0, 0.05) is 63.3 Å².